The highest BCUT2D eigenvalue weighted by Crippen LogP contribution is 2.14. The molecule has 0 aliphatic carbocycles. The molecule has 0 bridgehead atoms. The van der Waals surface area contributed by atoms with Crippen molar-refractivity contribution < 1.29 is 12.6 Å². The summed E-state index contributed by atoms with van der Waals surface area (Å²) in [5.41, 5.74) is 0.976. The van der Waals surface area contributed by atoms with Crippen LogP contribution >= 0.6 is 0 Å². The normalized spacial score (nSPS) is 13.1. The maximum Gasteiger partial charge on any atom is 0.297 e. The third kappa shape index (κ3) is 3.33. The lowest BCUT2D eigenvalue weighted by atomic mass is 10.2. The topological polar surface area (TPSA) is 67.2 Å². The van der Waals surface area contributed by atoms with Crippen LogP contribution in [0.1, 0.15) is 12.5 Å². The zero-order valence-corrected chi connectivity index (χ0v) is 9.99. The highest BCUT2D eigenvalue weighted by molar-refractivity contribution is 7.86. The van der Waals surface area contributed by atoms with E-state index in [-0.39, 0.29) is 11.5 Å². The van der Waals surface area contributed by atoms with Gasteiger partial charge < -0.3 is 0 Å². The molecule has 0 aliphatic heterocycles. The molecule has 0 spiro atoms. The molecule has 1 aromatic rings. The van der Waals surface area contributed by atoms with Gasteiger partial charge in [-0.15, -0.1) is 0 Å². The molecule has 5 heteroatoms. The molecule has 0 fully saturated rings. The Morgan fingerprint density at radius 2 is 1.94 bits per heavy atom. The molecule has 0 aliphatic rings. The fourth-order valence-electron chi connectivity index (χ4n) is 1.00. The Labute approximate surface area is 95.6 Å². The standard InChI is InChI=1S/C11H13NO3S/c1-9-3-5-11(6-4-9)16(13,14)15-8-10(2)7-12/h3-6,10H,8H2,1-2H3/t10-/m1/s1. The SMILES string of the molecule is Cc1ccc(S(=O)(=O)OC[C@H](C)C#N)cc1. The molecule has 0 amide bonds. The van der Waals surface area contributed by atoms with Gasteiger partial charge in [0.05, 0.1) is 23.5 Å². The van der Waals surface area contributed by atoms with Crippen molar-refractivity contribution in [1.82, 2.24) is 0 Å². The molecular weight excluding hydrogens is 226 g/mol. The lowest BCUT2D eigenvalue weighted by Gasteiger charge is -2.06. The molecule has 0 saturated heterocycles. The van der Waals surface area contributed by atoms with Gasteiger partial charge in [-0.2, -0.15) is 13.7 Å². The molecule has 1 atom stereocenters. The summed E-state index contributed by atoms with van der Waals surface area (Å²) in [6.07, 6.45) is 0. The van der Waals surface area contributed by atoms with Crippen LogP contribution in [0, 0.1) is 24.2 Å². The summed E-state index contributed by atoms with van der Waals surface area (Å²) in [5, 5.41) is 8.51. The number of hydrogen-bond acceptors (Lipinski definition) is 4. The largest absolute Gasteiger partial charge is 0.297 e. The predicted molar refractivity (Wildman–Crippen MR) is 59.1 cm³/mol. The summed E-state index contributed by atoms with van der Waals surface area (Å²) in [6, 6.07) is 8.28. The minimum Gasteiger partial charge on any atom is -0.265 e. The third-order valence-corrected chi connectivity index (χ3v) is 3.30. The molecule has 86 valence electrons. The van der Waals surface area contributed by atoms with E-state index in [2.05, 4.69) is 0 Å². The van der Waals surface area contributed by atoms with Crippen LogP contribution in [0.3, 0.4) is 0 Å². The Kier molecular flexibility index (Phi) is 4.05. The van der Waals surface area contributed by atoms with Gasteiger partial charge in [-0.05, 0) is 26.0 Å². The molecule has 0 saturated carbocycles. The molecule has 0 heterocycles. The number of hydrogen-bond donors (Lipinski definition) is 0. The first-order chi connectivity index (χ1) is 7.45. The average Bonchev–Trinajstić information content (AvgIpc) is 2.26. The molecule has 1 aromatic carbocycles. The number of nitriles is 1. The van der Waals surface area contributed by atoms with E-state index >= 15 is 0 Å². The minimum absolute atomic E-state index is 0.114. The maximum atomic E-state index is 11.6. The van der Waals surface area contributed by atoms with Crippen molar-refractivity contribution in [3.05, 3.63) is 29.8 Å². The molecule has 0 radical (unpaired) electrons. The van der Waals surface area contributed by atoms with E-state index < -0.39 is 16.0 Å². The lowest BCUT2D eigenvalue weighted by molar-refractivity contribution is 0.291. The van der Waals surface area contributed by atoms with Crippen molar-refractivity contribution in [3.8, 4) is 6.07 Å². The average molecular weight is 239 g/mol. The van der Waals surface area contributed by atoms with Crippen LogP contribution in [-0.4, -0.2) is 15.0 Å². The van der Waals surface area contributed by atoms with Gasteiger partial charge in [-0.3, -0.25) is 4.18 Å². The van der Waals surface area contributed by atoms with Gasteiger partial charge in [0.25, 0.3) is 10.1 Å². The second-order valence-corrected chi connectivity index (χ2v) is 5.20. The van der Waals surface area contributed by atoms with E-state index in [1.54, 1.807) is 19.1 Å². The van der Waals surface area contributed by atoms with E-state index in [9.17, 15) is 8.42 Å². The van der Waals surface area contributed by atoms with Crippen LogP contribution < -0.4 is 0 Å². The Hall–Kier alpha value is -1.38. The van der Waals surface area contributed by atoms with Gasteiger partial charge in [-0.1, -0.05) is 17.7 Å². The van der Waals surface area contributed by atoms with Crippen LogP contribution in [-0.2, 0) is 14.3 Å². The first-order valence-corrected chi connectivity index (χ1v) is 6.22. The van der Waals surface area contributed by atoms with Crippen molar-refractivity contribution in [2.24, 2.45) is 5.92 Å². The Morgan fingerprint density at radius 3 is 2.44 bits per heavy atom. The summed E-state index contributed by atoms with van der Waals surface area (Å²) < 4.78 is 28.0. The molecule has 0 aromatic heterocycles. The summed E-state index contributed by atoms with van der Waals surface area (Å²) in [4.78, 5) is 0.114. The summed E-state index contributed by atoms with van der Waals surface area (Å²) in [7, 11) is -3.73. The fraction of sp³-hybridized carbons (Fsp3) is 0.364. The molecule has 4 nitrogen and oxygen atoms in total. The monoisotopic (exact) mass is 239 g/mol. The van der Waals surface area contributed by atoms with Crippen LogP contribution in [0.2, 0.25) is 0 Å². The first-order valence-electron chi connectivity index (χ1n) is 4.81. The zero-order chi connectivity index (χ0) is 12.2. The van der Waals surface area contributed by atoms with Gasteiger partial charge in [0.1, 0.15) is 0 Å². The number of aryl methyl sites for hydroxylation is 1. The summed E-state index contributed by atoms with van der Waals surface area (Å²) in [6.45, 7) is 3.35. The van der Waals surface area contributed by atoms with Crippen LogP contribution in [0.5, 0.6) is 0 Å². The lowest BCUT2D eigenvalue weighted by Crippen LogP contribution is -2.11. The van der Waals surface area contributed by atoms with Crippen molar-refractivity contribution in [3.63, 3.8) is 0 Å². The quantitative estimate of drug-likeness (QED) is 0.752. The smallest absolute Gasteiger partial charge is 0.265 e. The second-order valence-electron chi connectivity index (χ2n) is 3.58. The van der Waals surface area contributed by atoms with Crippen molar-refractivity contribution >= 4 is 10.1 Å². The van der Waals surface area contributed by atoms with Crippen LogP contribution in [0.4, 0.5) is 0 Å². The van der Waals surface area contributed by atoms with Crippen molar-refractivity contribution in [1.29, 1.82) is 5.26 Å². The Bertz CT molecular complexity index is 485. The summed E-state index contributed by atoms with van der Waals surface area (Å²) in [5.74, 6) is -0.444. The van der Waals surface area contributed by atoms with Gasteiger partial charge in [-0.25, -0.2) is 0 Å². The predicted octanol–water partition coefficient (Wildman–Crippen LogP) is 1.86. The minimum atomic E-state index is -3.73. The highest BCUT2D eigenvalue weighted by Gasteiger charge is 2.16. The molecule has 0 unspecified atom stereocenters. The molecule has 0 N–H and O–H groups in total. The molecule has 1 rings (SSSR count). The number of rotatable bonds is 4. The first kappa shape index (κ1) is 12.7. The second kappa shape index (κ2) is 5.10. The summed E-state index contributed by atoms with van der Waals surface area (Å²) >= 11 is 0. The van der Waals surface area contributed by atoms with Crippen LogP contribution in [0.25, 0.3) is 0 Å². The van der Waals surface area contributed by atoms with Gasteiger partial charge in [0, 0.05) is 0 Å². The van der Waals surface area contributed by atoms with Gasteiger partial charge in [0.2, 0.25) is 0 Å². The Balaban J connectivity index is 2.79. The van der Waals surface area contributed by atoms with Crippen LogP contribution in [0.15, 0.2) is 29.2 Å². The number of benzene rings is 1. The molecule has 16 heavy (non-hydrogen) atoms. The van der Waals surface area contributed by atoms with E-state index in [1.165, 1.54) is 12.1 Å². The van der Waals surface area contributed by atoms with Crippen molar-refractivity contribution in [2.75, 3.05) is 6.61 Å². The van der Waals surface area contributed by atoms with E-state index in [4.69, 9.17) is 9.44 Å². The van der Waals surface area contributed by atoms with Crippen molar-refractivity contribution in [2.45, 2.75) is 18.7 Å². The maximum absolute atomic E-state index is 11.6. The van der Waals surface area contributed by atoms with Gasteiger partial charge >= 0.3 is 0 Å². The van der Waals surface area contributed by atoms with E-state index in [0.29, 0.717) is 0 Å². The van der Waals surface area contributed by atoms with Gasteiger partial charge in [0.15, 0.2) is 0 Å². The third-order valence-electron chi connectivity index (χ3n) is 2.00. The fourth-order valence-corrected chi connectivity index (χ4v) is 1.99. The molecular formula is C11H13NO3S. The zero-order valence-electron chi connectivity index (χ0n) is 9.17. The Morgan fingerprint density at radius 1 is 1.38 bits per heavy atom. The highest BCUT2D eigenvalue weighted by atomic mass is 32.2. The van der Waals surface area contributed by atoms with E-state index in [0.717, 1.165) is 5.56 Å². The number of nitrogens with zero attached hydrogens (tertiary/aromatic N) is 1. The van der Waals surface area contributed by atoms with E-state index in [1.807, 2.05) is 13.0 Å².